The maximum Gasteiger partial charge on any atom is 0.338 e. The second kappa shape index (κ2) is 10.8. The van der Waals surface area contributed by atoms with E-state index in [9.17, 15) is 4.79 Å². The van der Waals surface area contributed by atoms with Gasteiger partial charge in [0.2, 0.25) is 0 Å². The number of benzene rings is 2. The van der Waals surface area contributed by atoms with Crippen LogP contribution in [0.15, 0.2) is 58.5 Å². The lowest BCUT2D eigenvalue weighted by atomic mass is 9.79. The molecule has 0 radical (unpaired) electrons. The van der Waals surface area contributed by atoms with Gasteiger partial charge in [0.05, 0.1) is 17.9 Å². The number of amidine groups is 2. The van der Waals surface area contributed by atoms with Crippen molar-refractivity contribution in [2.24, 2.45) is 9.98 Å². The molecule has 5 nitrogen and oxygen atoms in total. The van der Waals surface area contributed by atoms with E-state index in [1.165, 1.54) is 12.0 Å². The van der Waals surface area contributed by atoms with Gasteiger partial charge in [-0.25, -0.2) is 14.8 Å². The lowest BCUT2D eigenvalue weighted by Gasteiger charge is -2.42. The highest BCUT2D eigenvalue weighted by atomic mass is 127. The Morgan fingerprint density at radius 3 is 2.50 bits per heavy atom. The SMILES string of the molecule is CCOC(=O)c1ccc(N2C(SC)=NC(=Nc3cccc(C)c3)C23CCCCC3)cc1.I. The largest absolute Gasteiger partial charge is 0.462 e. The Kier molecular flexibility index (Phi) is 8.38. The zero-order chi connectivity index (χ0) is 21.8. The third-order valence-electron chi connectivity index (χ3n) is 5.97. The summed E-state index contributed by atoms with van der Waals surface area (Å²) in [6, 6.07) is 16.0. The molecule has 1 fully saturated rings. The molecule has 1 heterocycles. The second-order valence-corrected chi connectivity index (χ2v) is 8.84. The number of ether oxygens (including phenoxy) is 1. The van der Waals surface area contributed by atoms with Crippen molar-refractivity contribution in [1.82, 2.24) is 0 Å². The molecular formula is C25H30IN3O2S. The molecule has 2 aliphatic rings. The van der Waals surface area contributed by atoms with Gasteiger partial charge in [-0.15, -0.1) is 24.0 Å². The molecule has 1 aliphatic heterocycles. The number of carbonyl (C=O) groups is 1. The third kappa shape index (κ3) is 4.88. The van der Waals surface area contributed by atoms with E-state index in [1.807, 2.05) is 43.3 Å². The molecule has 7 heteroatoms. The van der Waals surface area contributed by atoms with E-state index in [0.29, 0.717) is 12.2 Å². The fourth-order valence-electron chi connectivity index (χ4n) is 4.52. The summed E-state index contributed by atoms with van der Waals surface area (Å²) in [5.41, 5.74) is 3.50. The lowest BCUT2D eigenvalue weighted by Crippen LogP contribution is -2.52. The van der Waals surface area contributed by atoms with Gasteiger partial charge in [-0.1, -0.05) is 43.2 Å². The van der Waals surface area contributed by atoms with E-state index < -0.39 is 0 Å². The van der Waals surface area contributed by atoms with E-state index in [-0.39, 0.29) is 35.5 Å². The monoisotopic (exact) mass is 563 g/mol. The highest BCUT2D eigenvalue weighted by Crippen LogP contribution is 2.44. The molecule has 32 heavy (non-hydrogen) atoms. The molecule has 0 bridgehead atoms. The van der Waals surface area contributed by atoms with E-state index in [1.54, 1.807) is 11.8 Å². The Morgan fingerprint density at radius 2 is 1.88 bits per heavy atom. The van der Waals surface area contributed by atoms with Crippen LogP contribution in [0.25, 0.3) is 0 Å². The summed E-state index contributed by atoms with van der Waals surface area (Å²) < 4.78 is 5.14. The van der Waals surface area contributed by atoms with Gasteiger partial charge < -0.3 is 9.64 Å². The second-order valence-electron chi connectivity index (χ2n) is 8.07. The summed E-state index contributed by atoms with van der Waals surface area (Å²) in [5.74, 6) is 0.611. The predicted molar refractivity (Wildman–Crippen MR) is 145 cm³/mol. The van der Waals surface area contributed by atoms with Crippen LogP contribution in [0.2, 0.25) is 0 Å². The van der Waals surface area contributed by atoms with Crippen molar-refractivity contribution in [3.05, 3.63) is 59.7 Å². The Morgan fingerprint density at radius 1 is 1.16 bits per heavy atom. The number of esters is 1. The summed E-state index contributed by atoms with van der Waals surface area (Å²) >= 11 is 1.64. The van der Waals surface area contributed by atoms with E-state index in [4.69, 9.17) is 14.7 Å². The Labute approximate surface area is 211 Å². The molecule has 0 amide bonds. The van der Waals surface area contributed by atoms with Crippen molar-refractivity contribution in [3.8, 4) is 0 Å². The number of nitrogens with zero attached hydrogens (tertiary/aromatic N) is 3. The quantitative estimate of drug-likeness (QED) is 0.305. The van der Waals surface area contributed by atoms with Crippen molar-refractivity contribution in [1.29, 1.82) is 0 Å². The average molecular weight is 564 g/mol. The first-order valence-electron chi connectivity index (χ1n) is 10.9. The Bertz CT molecular complexity index is 1010. The molecule has 2 aromatic carbocycles. The molecule has 0 aromatic heterocycles. The molecular weight excluding hydrogens is 533 g/mol. The van der Waals surface area contributed by atoms with Crippen molar-refractivity contribution in [2.45, 2.75) is 51.5 Å². The highest BCUT2D eigenvalue weighted by Gasteiger charge is 2.49. The van der Waals surface area contributed by atoms with Gasteiger partial charge in [0.15, 0.2) is 11.0 Å². The van der Waals surface area contributed by atoms with Crippen LogP contribution < -0.4 is 4.90 Å². The minimum absolute atomic E-state index is 0. The van der Waals surface area contributed by atoms with Gasteiger partial charge in [-0.2, -0.15) is 0 Å². The first kappa shape index (κ1) is 24.8. The number of carbonyl (C=O) groups excluding carboxylic acids is 1. The number of halogens is 1. The summed E-state index contributed by atoms with van der Waals surface area (Å²) in [6.45, 7) is 4.28. The molecule has 2 aromatic rings. The molecule has 0 N–H and O–H groups in total. The van der Waals surface area contributed by atoms with Crippen LogP contribution >= 0.6 is 35.7 Å². The molecule has 0 saturated heterocycles. The number of aliphatic imine (C=N–C) groups is 2. The van der Waals surface area contributed by atoms with Crippen molar-refractivity contribution >= 4 is 64.1 Å². The minimum Gasteiger partial charge on any atom is -0.462 e. The number of hydrogen-bond donors (Lipinski definition) is 0. The summed E-state index contributed by atoms with van der Waals surface area (Å²) in [4.78, 5) is 24.5. The van der Waals surface area contributed by atoms with Gasteiger partial charge in [-0.3, -0.25) is 0 Å². The Hall–Kier alpha value is -1.87. The van der Waals surface area contributed by atoms with Crippen LogP contribution in [0.1, 0.15) is 54.9 Å². The minimum atomic E-state index is -0.289. The third-order valence-corrected chi connectivity index (χ3v) is 6.61. The van der Waals surface area contributed by atoms with Crippen LogP contribution in [0, 0.1) is 6.92 Å². The van der Waals surface area contributed by atoms with E-state index in [0.717, 1.165) is 48.1 Å². The lowest BCUT2D eigenvalue weighted by molar-refractivity contribution is 0.0526. The number of thioether (sulfide) groups is 1. The fraction of sp³-hybridized carbons (Fsp3) is 0.400. The fourth-order valence-corrected chi connectivity index (χ4v) is 5.16. The molecule has 0 atom stereocenters. The normalized spacial score (nSPS) is 18.4. The maximum absolute atomic E-state index is 12.1. The zero-order valence-electron chi connectivity index (χ0n) is 18.8. The molecule has 1 spiro atoms. The van der Waals surface area contributed by atoms with Gasteiger partial charge in [0.1, 0.15) is 5.54 Å². The van der Waals surface area contributed by atoms with Crippen LogP contribution in [-0.2, 0) is 4.74 Å². The topological polar surface area (TPSA) is 54.3 Å². The molecule has 0 unspecified atom stereocenters. The van der Waals surface area contributed by atoms with Gasteiger partial charge in [0, 0.05) is 5.69 Å². The average Bonchev–Trinajstić information content (AvgIpc) is 3.07. The molecule has 1 saturated carbocycles. The van der Waals surface area contributed by atoms with E-state index in [2.05, 4.69) is 30.2 Å². The van der Waals surface area contributed by atoms with Gasteiger partial charge in [0.25, 0.3) is 0 Å². The molecule has 1 aliphatic carbocycles. The smallest absolute Gasteiger partial charge is 0.338 e. The number of anilines is 1. The van der Waals surface area contributed by atoms with Crippen LogP contribution in [-0.4, -0.2) is 35.4 Å². The summed E-state index contributed by atoms with van der Waals surface area (Å²) in [6.07, 6.45) is 7.65. The number of rotatable bonds is 4. The first-order valence-corrected chi connectivity index (χ1v) is 12.2. The van der Waals surface area contributed by atoms with E-state index >= 15 is 0 Å². The van der Waals surface area contributed by atoms with Crippen LogP contribution in [0.3, 0.4) is 0 Å². The first-order chi connectivity index (χ1) is 15.1. The van der Waals surface area contributed by atoms with Gasteiger partial charge >= 0.3 is 5.97 Å². The van der Waals surface area contributed by atoms with Crippen molar-refractivity contribution < 1.29 is 9.53 Å². The van der Waals surface area contributed by atoms with Crippen LogP contribution in [0.4, 0.5) is 11.4 Å². The standard InChI is InChI=1S/C25H29N3O2S.HI/c1-4-30-22(29)19-11-13-21(14-12-19)28-24(31-3)27-23(25(28)15-6-5-7-16-25)26-20-10-8-9-18(2)17-20;/h8-14,17H,4-7,15-16H2,1-3H3;1H. The van der Waals surface area contributed by atoms with Crippen molar-refractivity contribution in [2.75, 3.05) is 17.8 Å². The van der Waals surface area contributed by atoms with Crippen LogP contribution in [0.5, 0.6) is 0 Å². The summed E-state index contributed by atoms with van der Waals surface area (Å²) in [7, 11) is 0. The maximum atomic E-state index is 12.1. The zero-order valence-corrected chi connectivity index (χ0v) is 22.0. The molecule has 170 valence electrons. The Balaban J connectivity index is 0.00000289. The number of aryl methyl sites for hydroxylation is 1. The highest BCUT2D eigenvalue weighted by molar-refractivity contribution is 14.0. The molecule has 4 rings (SSSR count). The van der Waals surface area contributed by atoms with Gasteiger partial charge in [-0.05, 0) is 74.9 Å². The summed E-state index contributed by atoms with van der Waals surface area (Å²) in [5, 5.41) is 0.956. The number of hydrogen-bond acceptors (Lipinski definition) is 5. The predicted octanol–water partition coefficient (Wildman–Crippen LogP) is 6.76. The van der Waals surface area contributed by atoms with Crippen molar-refractivity contribution in [3.63, 3.8) is 0 Å².